The van der Waals surface area contributed by atoms with Gasteiger partial charge in [0.1, 0.15) is 0 Å². The molecule has 0 unspecified atom stereocenters. The molecule has 0 saturated carbocycles. The van der Waals surface area contributed by atoms with Crippen LogP contribution >= 0.6 is 0 Å². The summed E-state index contributed by atoms with van der Waals surface area (Å²) in [5.41, 5.74) is 20.3. The zero-order valence-corrected chi connectivity index (χ0v) is 23.2. The zero-order valence-electron chi connectivity index (χ0n) is 20.8. The number of aromatic nitrogens is 16. The Hall–Kier alpha value is -3.82. The van der Waals surface area contributed by atoms with Crippen LogP contribution in [0.1, 0.15) is 0 Å². The Kier molecular flexibility index (Phi) is 26.3. The van der Waals surface area contributed by atoms with Crippen LogP contribution in [0, 0.1) is 20.5 Å². The van der Waals surface area contributed by atoms with Gasteiger partial charge in [-0.3, -0.25) is 0 Å². The standard InChI is InChI=1S/4C2H5N5.2ClHO4.Cu.2H2O/c4*1-7-5-2(3)4-6-7;2*2-1(3,4)5;;;/h4*1H3,(H2,3,5);2*(H,2,3,4,5);;2*1H2/q;;;;;;+2;;/p-2. The van der Waals surface area contributed by atoms with Crippen LogP contribution in [0.5, 0.6) is 0 Å². The van der Waals surface area contributed by atoms with Crippen molar-refractivity contribution in [1.82, 2.24) is 80.8 Å². The minimum absolute atomic E-state index is 0. The van der Waals surface area contributed by atoms with Crippen molar-refractivity contribution < 1.29 is 85.8 Å². The summed E-state index contributed by atoms with van der Waals surface area (Å²) in [5, 5.41) is 41.7. The molecule has 4 aromatic rings. The number of nitrogens with zero attached hydrogens (tertiary/aromatic N) is 16. The van der Waals surface area contributed by atoms with E-state index in [9.17, 15) is 0 Å². The van der Waals surface area contributed by atoms with E-state index in [1.807, 2.05) is 0 Å². The van der Waals surface area contributed by atoms with Crippen LogP contribution in [0.2, 0.25) is 0 Å². The topological polar surface area (TPSA) is 526 Å². The van der Waals surface area contributed by atoms with Gasteiger partial charge in [-0.2, -0.15) is 19.2 Å². The molecule has 4 aromatic heterocycles. The predicted octanol–water partition coefficient (Wildman–Crippen LogP) is -16.0. The van der Waals surface area contributed by atoms with Gasteiger partial charge in [-0.25, -0.2) is 37.3 Å². The summed E-state index contributed by atoms with van der Waals surface area (Å²) in [6.07, 6.45) is 0. The maximum atomic E-state index is 8.49. The molecule has 0 fully saturated rings. The molecule has 0 aliphatic rings. The molecule has 0 aromatic carbocycles. The van der Waals surface area contributed by atoms with E-state index in [1.165, 1.54) is 19.2 Å². The molecule has 0 spiro atoms. The van der Waals surface area contributed by atoms with E-state index in [0.29, 0.717) is 0 Å². The van der Waals surface area contributed by atoms with Gasteiger partial charge in [0.15, 0.2) is 0 Å². The molecule has 33 heteroatoms. The number of nitrogen functional groups attached to an aromatic ring is 4. The van der Waals surface area contributed by atoms with Gasteiger partial charge in [-0.05, 0) is 20.9 Å². The first kappa shape index (κ1) is 47.0. The second kappa shape index (κ2) is 22.9. The van der Waals surface area contributed by atoms with Gasteiger partial charge in [0.05, 0.1) is 28.2 Å². The molecular weight excluding hydrogens is 671 g/mol. The number of hydrogen-bond acceptors (Lipinski definition) is 24. The van der Waals surface area contributed by atoms with Crippen molar-refractivity contribution in [3.63, 3.8) is 0 Å². The second-order valence-electron chi connectivity index (χ2n) is 5.30. The summed E-state index contributed by atoms with van der Waals surface area (Å²) < 4.78 is 67.9. The van der Waals surface area contributed by atoms with Crippen LogP contribution in [-0.2, 0) is 45.3 Å². The van der Waals surface area contributed by atoms with Crippen LogP contribution in [-0.4, -0.2) is 91.8 Å². The molecule has 41 heavy (non-hydrogen) atoms. The number of anilines is 4. The molecule has 1 radical (unpaired) electrons. The van der Waals surface area contributed by atoms with Crippen LogP contribution in [0.4, 0.5) is 23.8 Å². The summed E-state index contributed by atoms with van der Waals surface area (Å²) in [5.74, 6) is 0.843. The van der Waals surface area contributed by atoms with Crippen molar-refractivity contribution in [2.24, 2.45) is 28.2 Å². The SMILES string of the molecule is Cn1nnc(N)n1.Cn1nnc(N)n1.Cn1nnc(N)n1.Cn1nnc(N)n1.O.O.[Cu+2].[O-][Cl+3]([O-])([O-])[O-].[O-][Cl+3]([O-])([O-])[O-]. The van der Waals surface area contributed by atoms with E-state index < -0.39 is 20.5 Å². The number of halogens is 2. The molecule has 0 saturated heterocycles. The first-order valence-electron chi connectivity index (χ1n) is 8.37. The van der Waals surface area contributed by atoms with Gasteiger partial charge in [0, 0.05) is 0 Å². The summed E-state index contributed by atoms with van der Waals surface area (Å²) >= 11 is 0. The monoisotopic (exact) mass is 693 g/mol. The van der Waals surface area contributed by atoms with E-state index >= 15 is 0 Å². The largest absolute Gasteiger partial charge is 2.00 e. The molecule has 0 aliphatic carbocycles. The van der Waals surface area contributed by atoms with Crippen molar-refractivity contribution in [1.29, 1.82) is 0 Å². The maximum Gasteiger partial charge on any atom is 2.00 e. The molecule has 241 valence electrons. The quantitative estimate of drug-likeness (QED) is 0.124. The Balaban J connectivity index is -0.000000125. The third-order valence-electron chi connectivity index (χ3n) is 2.10. The predicted molar refractivity (Wildman–Crippen MR) is 100 cm³/mol. The normalized spacial score (nSPS) is 9.27. The molecule has 4 rings (SSSR count). The van der Waals surface area contributed by atoms with Crippen molar-refractivity contribution >= 4 is 23.8 Å². The number of nitrogens with two attached hydrogens (primary N) is 4. The van der Waals surface area contributed by atoms with E-state index in [4.69, 9.17) is 60.2 Å². The van der Waals surface area contributed by atoms with Crippen molar-refractivity contribution in [3.8, 4) is 0 Å². The van der Waals surface area contributed by atoms with Gasteiger partial charge in [0.25, 0.3) is 23.8 Å². The zero-order chi connectivity index (χ0) is 30.1. The minimum atomic E-state index is -4.94. The van der Waals surface area contributed by atoms with E-state index in [0.717, 1.165) is 0 Å². The van der Waals surface area contributed by atoms with Crippen molar-refractivity contribution in [2.75, 3.05) is 22.9 Å². The molecule has 12 N–H and O–H groups in total. The van der Waals surface area contributed by atoms with Gasteiger partial charge < -0.3 is 33.9 Å². The first-order valence-corrected chi connectivity index (χ1v) is 10.8. The molecule has 0 aliphatic heterocycles. The molecule has 0 amide bonds. The molecule has 30 nitrogen and oxygen atoms in total. The maximum absolute atomic E-state index is 8.49. The second-order valence-corrected chi connectivity index (χ2v) is 6.82. The molecule has 0 atom stereocenters. The van der Waals surface area contributed by atoms with E-state index in [-0.39, 0.29) is 51.8 Å². The summed E-state index contributed by atoms with van der Waals surface area (Å²) in [4.78, 5) is 5.20. The summed E-state index contributed by atoms with van der Waals surface area (Å²) in [6.45, 7) is 0. The smallest absolute Gasteiger partial charge is 0.412 e. The molecule has 4 heterocycles. The summed E-state index contributed by atoms with van der Waals surface area (Å²) in [7, 11) is -3.26. The molecule has 0 bridgehead atoms. The fourth-order valence-corrected chi connectivity index (χ4v) is 1.20. The van der Waals surface area contributed by atoms with E-state index in [2.05, 4.69) is 61.6 Å². The molecular formula is C8H24Cl2CuN20O10. The van der Waals surface area contributed by atoms with Crippen LogP contribution in [0.25, 0.3) is 0 Å². The van der Waals surface area contributed by atoms with Crippen molar-refractivity contribution in [3.05, 3.63) is 0 Å². The average molecular weight is 695 g/mol. The first-order chi connectivity index (χ1) is 17.2. The number of hydrogen-bond donors (Lipinski definition) is 4. The van der Waals surface area contributed by atoms with Crippen LogP contribution < -0.4 is 60.2 Å². The number of aryl methyl sites for hydroxylation is 4. The fraction of sp³-hybridized carbons (Fsp3) is 0.500. The minimum Gasteiger partial charge on any atom is -0.412 e. The van der Waals surface area contributed by atoms with Gasteiger partial charge in [-0.15, -0.1) is 40.9 Å². The number of rotatable bonds is 0. The van der Waals surface area contributed by atoms with Crippen LogP contribution in [0.3, 0.4) is 0 Å². The Morgan fingerprint density at radius 3 is 0.585 bits per heavy atom. The third-order valence-corrected chi connectivity index (χ3v) is 2.10. The third kappa shape index (κ3) is 40.8. The summed E-state index contributed by atoms with van der Waals surface area (Å²) in [6, 6.07) is 0. The average Bonchev–Trinajstić information content (AvgIpc) is 3.47. The van der Waals surface area contributed by atoms with Gasteiger partial charge in [0.2, 0.25) is 0 Å². The van der Waals surface area contributed by atoms with Gasteiger partial charge in [-0.1, -0.05) is 20.4 Å². The fourth-order valence-electron chi connectivity index (χ4n) is 1.20. The Morgan fingerprint density at radius 1 is 0.439 bits per heavy atom. The Morgan fingerprint density at radius 2 is 0.561 bits per heavy atom. The van der Waals surface area contributed by atoms with Gasteiger partial charge >= 0.3 is 17.1 Å². The Labute approximate surface area is 241 Å². The number of tetrazole rings is 4. The van der Waals surface area contributed by atoms with Crippen LogP contribution in [0.15, 0.2) is 0 Å². The Bertz CT molecular complexity index is 901. The van der Waals surface area contributed by atoms with E-state index in [1.54, 1.807) is 28.2 Å². The van der Waals surface area contributed by atoms with Crippen molar-refractivity contribution in [2.45, 2.75) is 0 Å².